The fourth-order valence-electron chi connectivity index (χ4n) is 1.04. The lowest BCUT2D eigenvalue weighted by molar-refractivity contribution is 0.0870. The maximum absolute atomic E-state index is 11.7. The van der Waals surface area contributed by atoms with Crippen molar-refractivity contribution in [1.82, 2.24) is 10.3 Å². The van der Waals surface area contributed by atoms with Crippen LogP contribution in [0.5, 0.6) is 0 Å². The van der Waals surface area contributed by atoms with E-state index in [2.05, 4.69) is 10.3 Å². The Labute approximate surface area is 98.9 Å². The number of halogens is 1. The second-order valence-electron chi connectivity index (χ2n) is 3.36. The smallest absolute Gasteiger partial charge is 0.254 e. The second-order valence-corrected chi connectivity index (χ2v) is 3.72. The van der Waals surface area contributed by atoms with Crippen LogP contribution in [0, 0.1) is 0 Å². The lowest BCUT2D eigenvalue weighted by atomic mass is 10.2. The number of nitrogen functional groups attached to an aromatic ring is 1. The fourth-order valence-corrected chi connectivity index (χ4v) is 1.23. The third-order valence-electron chi connectivity index (χ3n) is 2.06. The SMILES string of the molecule is COC(C)CNC(=O)c1cc(N)cnc1Cl. The van der Waals surface area contributed by atoms with Crippen molar-refractivity contribution < 1.29 is 9.53 Å². The highest BCUT2D eigenvalue weighted by Gasteiger charge is 2.12. The average molecular weight is 244 g/mol. The molecule has 0 saturated heterocycles. The summed E-state index contributed by atoms with van der Waals surface area (Å²) in [4.78, 5) is 15.5. The highest BCUT2D eigenvalue weighted by molar-refractivity contribution is 6.32. The number of hydrogen-bond acceptors (Lipinski definition) is 4. The van der Waals surface area contributed by atoms with Crippen LogP contribution in [0.4, 0.5) is 5.69 Å². The van der Waals surface area contributed by atoms with Crippen molar-refractivity contribution in [2.45, 2.75) is 13.0 Å². The molecule has 0 bridgehead atoms. The molecule has 1 aromatic rings. The number of pyridine rings is 1. The topological polar surface area (TPSA) is 77.2 Å². The largest absolute Gasteiger partial charge is 0.397 e. The third kappa shape index (κ3) is 3.36. The van der Waals surface area contributed by atoms with Gasteiger partial charge in [-0.25, -0.2) is 4.98 Å². The monoisotopic (exact) mass is 243 g/mol. The molecule has 0 saturated carbocycles. The number of aromatic nitrogens is 1. The maximum Gasteiger partial charge on any atom is 0.254 e. The van der Waals surface area contributed by atoms with Crippen molar-refractivity contribution in [2.24, 2.45) is 0 Å². The summed E-state index contributed by atoms with van der Waals surface area (Å²) in [5, 5.41) is 2.81. The number of carbonyl (C=O) groups excluding carboxylic acids is 1. The first-order valence-corrected chi connectivity index (χ1v) is 5.14. The summed E-state index contributed by atoms with van der Waals surface area (Å²) in [7, 11) is 1.58. The van der Waals surface area contributed by atoms with Crippen molar-refractivity contribution in [1.29, 1.82) is 0 Å². The molecule has 3 N–H and O–H groups in total. The molecular weight excluding hydrogens is 230 g/mol. The van der Waals surface area contributed by atoms with Gasteiger partial charge < -0.3 is 15.8 Å². The van der Waals surface area contributed by atoms with E-state index in [-0.39, 0.29) is 22.7 Å². The van der Waals surface area contributed by atoms with Gasteiger partial charge in [-0.2, -0.15) is 0 Å². The van der Waals surface area contributed by atoms with Crippen LogP contribution in [-0.4, -0.2) is 30.6 Å². The number of nitrogens with one attached hydrogen (secondary N) is 1. The van der Waals surface area contributed by atoms with Crippen LogP contribution in [0.15, 0.2) is 12.3 Å². The van der Waals surface area contributed by atoms with E-state index in [0.717, 1.165) is 0 Å². The number of rotatable bonds is 4. The minimum atomic E-state index is -0.311. The predicted molar refractivity (Wildman–Crippen MR) is 62.5 cm³/mol. The molecule has 0 aromatic carbocycles. The van der Waals surface area contributed by atoms with Gasteiger partial charge in [-0.15, -0.1) is 0 Å². The molecule has 1 atom stereocenters. The van der Waals surface area contributed by atoms with Crippen LogP contribution in [0.25, 0.3) is 0 Å². The number of nitrogens with two attached hydrogens (primary N) is 1. The van der Waals surface area contributed by atoms with Gasteiger partial charge in [0.2, 0.25) is 0 Å². The van der Waals surface area contributed by atoms with Crippen LogP contribution in [0.3, 0.4) is 0 Å². The molecule has 6 heteroatoms. The van der Waals surface area contributed by atoms with E-state index in [1.165, 1.54) is 12.3 Å². The van der Waals surface area contributed by atoms with Crippen LogP contribution in [0.2, 0.25) is 5.15 Å². The van der Waals surface area contributed by atoms with Gasteiger partial charge in [-0.1, -0.05) is 11.6 Å². The van der Waals surface area contributed by atoms with E-state index in [1.54, 1.807) is 7.11 Å². The zero-order valence-corrected chi connectivity index (χ0v) is 9.91. The van der Waals surface area contributed by atoms with E-state index in [9.17, 15) is 4.79 Å². The Bertz CT molecular complexity index is 384. The van der Waals surface area contributed by atoms with Gasteiger partial charge in [0.15, 0.2) is 0 Å². The number of amides is 1. The van der Waals surface area contributed by atoms with Gasteiger partial charge in [0, 0.05) is 13.7 Å². The first-order valence-electron chi connectivity index (χ1n) is 4.76. The quantitative estimate of drug-likeness (QED) is 0.776. The normalized spacial score (nSPS) is 12.2. The number of methoxy groups -OCH3 is 1. The number of ether oxygens (including phenoxy) is 1. The Morgan fingerprint density at radius 2 is 2.44 bits per heavy atom. The molecule has 88 valence electrons. The molecule has 0 spiro atoms. The van der Waals surface area contributed by atoms with E-state index >= 15 is 0 Å². The highest BCUT2D eigenvalue weighted by atomic mass is 35.5. The Kier molecular flexibility index (Phi) is 4.52. The van der Waals surface area contributed by atoms with Gasteiger partial charge in [0.05, 0.1) is 23.6 Å². The van der Waals surface area contributed by atoms with Gasteiger partial charge in [0.25, 0.3) is 5.91 Å². The first-order chi connectivity index (χ1) is 7.54. The number of nitrogens with zero attached hydrogens (tertiary/aromatic N) is 1. The summed E-state index contributed by atoms with van der Waals surface area (Å²) in [5.41, 5.74) is 6.19. The summed E-state index contributed by atoms with van der Waals surface area (Å²) in [6, 6.07) is 1.49. The molecule has 0 aliphatic rings. The van der Waals surface area contributed by atoms with Crippen molar-refractivity contribution in [3.8, 4) is 0 Å². The van der Waals surface area contributed by atoms with Crippen molar-refractivity contribution in [3.05, 3.63) is 23.0 Å². The summed E-state index contributed by atoms with van der Waals surface area (Å²) in [5.74, 6) is -0.311. The summed E-state index contributed by atoms with van der Waals surface area (Å²) < 4.78 is 5.00. The first kappa shape index (κ1) is 12.7. The lowest BCUT2D eigenvalue weighted by Crippen LogP contribution is -2.31. The van der Waals surface area contributed by atoms with Gasteiger partial charge >= 0.3 is 0 Å². The zero-order valence-electron chi connectivity index (χ0n) is 9.16. The molecule has 5 nitrogen and oxygen atoms in total. The molecule has 1 rings (SSSR count). The number of anilines is 1. The summed E-state index contributed by atoms with van der Waals surface area (Å²) in [6.07, 6.45) is 1.34. The van der Waals surface area contributed by atoms with Gasteiger partial charge in [-0.3, -0.25) is 4.79 Å². The fraction of sp³-hybridized carbons (Fsp3) is 0.400. The molecular formula is C10H14ClN3O2. The van der Waals surface area contributed by atoms with Crippen molar-refractivity contribution in [2.75, 3.05) is 19.4 Å². The Balaban J connectivity index is 2.69. The summed E-state index contributed by atoms with van der Waals surface area (Å²) >= 11 is 5.78. The molecule has 0 radical (unpaired) electrons. The van der Waals surface area contributed by atoms with E-state index < -0.39 is 0 Å². The number of hydrogen-bond donors (Lipinski definition) is 2. The lowest BCUT2D eigenvalue weighted by Gasteiger charge is -2.11. The summed E-state index contributed by atoms with van der Waals surface area (Å²) in [6.45, 7) is 2.25. The Morgan fingerprint density at radius 3 is 3.06 bits per heavy atom. The zero-order chi connectivity index (χ0) is 12.1. The average Bonchev–Trinajstić information content (AvgIpc) is 2.28. The molecule has 1 aromatic heterocycles. The van der Waals surface area contributed by atoms with Gasteiger partial charge in [-0.05, 0) is 13.0 Å². The van der Waals surface area contributed by atoms with E-state index in [0.29, 0.717) is 12.2 Å². The predicted octanol–water partition coefficient (Wildman–Crippen LogP) is 1.08. The van der Waals surface area contributed by atoms with Crippen LogP contribution >= 0.6 is 11.6 Å². The van der Waals surface area contributed by atoms with Crippen molar-refractivity contribution in [3.63, 3.8) is 0 Å². The highest BCUT2D eigenvalue weighted by Crippen LogP contribution is 2.15. The molecule has 1 amide bonds. The van der Waals surface area contributed by atoms with Crippen LogP contribution < -0.4 is 11.1 Å². The molecule has 1 unspecified atom stereocenters. The minimum absolute atomic E-state index is 0.0586. The molecule has 0 fully saturated rings. The standard InChI is InChI=1S/C10H14ClN3O2/c1-6(16-2)4-14-10(15)8-3-7(12)5-13-9(8)11/h3,5-6H,4,12H2,1-2H3,(H,14,15). The molecule has 1 heterocycles. The minimum Gasteiger partial charge on any atom is -0.397 e. The van der Waals surface area contributed by atoms with Crippen LogP contribution in [0.1, 0.15) is 17.3 Å². The Morgan fingerprint density at radius 1 is 1.75 bits per heavy atom. The third-order valence-corrected chi connectivity index (χ3v) is 2.36. The van der Waals surface area contributed by atoms with Crippen LogP contribution in [-0.2, 0) is 4.74 Å². The molecule has 0 aliphatic carbocycles. The van der Waals surface area contributed by atoms with E-state index in [4.69, 9.17) is 22.1 Å². The Hall–Kier alpha value is -1.33. The molecule has 16 heavy (non-hydrogen) atoms. The van der Waals surface area contributed by atoms with Gasteiger partial charge in [0.1, 0.15) is 5.15 Å². The second kappa shape index (κ2) is 5.67. The van der Waals surface area contributed by atoms with Crippen molar-refractivity contribution >= 4 is 23.2 Å². The molecule has 0 aliphatic heterocycles. The number of carbonyl (C=O) groups is 1. The maximum atomic E-state index is 11.7. The van der Waals surface area contributed by atoms with E-state index in [1.807, 2.05) is 6.92 Å².